The van der Waals surface area contributed by atoms with Gasteiger partial charge in [-0.3, -0.25) is 9.48 Å². The van der Waals surface area contributed by atoms with Crippen LogP contribution < -0.4 is 0 Å². The molecule has 172 valence electrons. The summed E-state index contributed by atoms with van der Waals surface area (Å²) in [4.78, 5) is 15.1. The summed E-state index contributed by atoms with van der Waals surface area (Å²) in [5.74, 6) is -0.103. The zero-order chi connectivity index (χ0) is 21.4. The molecule has 0 spiro atoms. The molecule has 0 fully saturated rings. The van der Waals surface area contributed by atoms with Crippen molar-refractivity contribution in [3.63, 3.8) is 0 Å². The maximum Gasteiger partial charge on any atom is 0.227 e. The highest BCUT2D eigenvalue weighted by Crippen LogP contribution is 2.39. The lowest BCUT2D eigenvalue weighted by atomic mass is 9.84. The second-order valence-electron chi connectivity index (χ2n) is 7.67. The number of hydrogen-bond acceptors (Lipinski definition) is 3. The quantitative estimate of drug-likeness (QED) is 0.588. The Morgan fingerprint density at radius 1 is 1.19 bits per heavy atom. The van der Waals surface area contributed by atoms with Crippen molar-refractivity contribution in [3.05, 3.63) is 75.5 Å². The average molecular weight is 499 g/mol. The molecular formula is C23H26Cl3N3O3. The van der Waals surface area contributed by atoms with Crippen LogP contribution in [-0.2, 0) is 24.7 Å². The molecule has 2 atom stereocenters. The molecule has 9 heteroatoms. The number of carbonyl (C=O) groups is 1. The Bertz CT molecular complexity index is 1080. The van der Waals surface area contributed by atoms with Gasteiger partial charge in [0.2, 0.25) is 5.91 Å². The normalized spacial score (nSPS) is 17.2. The topological polar surface area (TPSA) is 89.9 Å². The van der Waals surface area contributed by atoms with Crippen LogP contribution in [0.5, 0.6) is 0 Å². The lowest BCUT2D eigenvalue weighted by Gasteiger charge is -2.42. The fraction of sp³-hybridized carbons (Fsp3) is 0.304. The second-order valence-corrected chi connectivity index (χ2v) is 8.48. The maximum atomic E-state index is 13.3. The first-order chi connectivity index (χ1) is 14.4. The number of amides is 1. The predicted molar refractivity (Wildman–Crippen MR) is 130 cm³/mol. The summed E-state index contributed by atoms with van der Waals surface area (Å²) in [6.45, 7) is 1.88. The predicted octanol–water partition coefficient (Wildman–Crippen LogP) is 4.04. The third kappa shape index (κ3) is 4.80. The maximum absolute atomic E-state index is 13.3. The van der Waals surface area contributed by atoms with Crippen molar-refractivity contribution in [2.75, 3.05) is 6.61 Å². The van der Waals surface area contributed by atoms with E-state index >= 15 is 0 Å². The van der Waals surface area contributed by atoms with Crippen molar-refractivity contribution >= 4 is 41.5 Å². The number of aliphatic hydroxyl groups is 1. The number of rotatable bonds is 4. The van der Waals surface area contributed by atoms with Crippen LogP contribution in [-0.4, -0.2) is 43.8 Å². The Kier molecular flexibility index (Phi) is 8.74. The highest BCUT2D eigenvalue weighted by molar-refractivity contribution is 6.36. The second kappa shape index (κ2) is 10.7. The molecule has 1 aliphatic heterocycles. The van der Waals surface area contributed by atoms with Gasteiger partial charge in [-0.25, -0.2) is 0 Å². The van der Waals surface area contributed by atoms with Gasteiger partial charge < -0.3 is 15.5 Å². The van der Waals surface area contributed by atoms with E-state index in [4.69, 9.17) is 23.2 Å². The number of nitrogens with zero attached hydrogens (tertiary/aromatic N) is 3. The molecule has 0 bridgehead atoms. The molecule has 1 aromatic heterocycles. The number of aryl methyl sites for hydroxylation is 1. The minimum Gasteiger partial charge on any atom is -0.412 e. The van der Waals surface area contributed by atoms with Crippen LogP contribution in [0.1, 0.15) is 29.7 Å². The number of aliphatic hydroxyl groups excluding tert-OH is 1. The highest BCUT2D eigenvalue weighted by Gasteiger charge is 2.36. The fourth-order valence-electron chi connectivity index (χ4n) is 4.37. The van der Waals surface area contributed by atoms with E-state index in [0.717, 1.165) is 22.3 Å². The van der Waals surface area contributed by atoms with Crippen molar-refractivity contribution in [1.29, 1.82) is 0 Å². The van der Waals surface area contributed by atoms with E-state index in [1.54, 1.807) is 27.8 Å². The van der Waals surface area contributed by atoms with Crippen LogP contribution >= 0.6 is 35.6 Å². The van der Waals surface area contributed by atoms with Gasteiger partial charge in [-0.15, -0.1) is 12.4 Å². The summed E-state index contributed by atoms with van der Waals surface area (Å²) >= 11 is 12.6. The third-order valence-electron chi connectivity index (χ3n) is 5.82. The Morgan fingerprint density at radius 2 is 1.84 bits per heavy atom. The van der Waals surface area contributed by atoms with Crippen LogP contribution in [0, 0.1) is 0 Å². The monoisotopic (exact) mass is 497 g/mol. The number of fused-ring (bicyclic) bond motifs is 1. The summed E-state index contributed by atoms with van der Waals surface area (Å²) in [5, 5.41) is 15.4. The number of halogens is 3. The molecule has 0 aliphatic carbocycles. The molecule has 3 aromatic rings. The number of aromatic nitrogens is 2. The molecule has 4 rings (SSSR count). The van der Waals surface area contributed by atoms with Crippen LogP contribution in [0.15, 0.2) is 48.8 Å². The lowest BCUT2D eigenvalue weighted by Crippen LogP contribution is -2.49. The Labute approximate surface area is 203 Å². The van der Waals surface area contributed by atoms with Crippen LogP contribution in [0.2, 0.25) is 10.0 Å². The van der Waals surface area contributed by atoms with Crippen LogP contribution in [0.4, 0.5) is 0 Å². The zero-order valence-corrected chi connectivity index (χ0v) is 20.1. The Morgan fingerprint density at radius 3 is 2.44 bits per heavy atom. The van der Waals surface area contributed by atoms with Crippen molar-refractivity contribution in [2.24, 2.45) is 7.05 Å². The van der Waals surface area contributed by atoms with Crippen molar-refractivity contribution in [1.82, 2.24) is 14.7 Å². The van der Waals surface area contributed by atoms with Gasteiger partial charge in [-0.2, -0.15) is 5.10 Å². The lowest BCUT2D eigenvalue weighted by molar-refractivity contribution is -0.137. The summed E-state index contributed by atoms with van der Waals surface area (Å²) < 4.78 is 1.77. The molecule has 1 aliphatic rings. The van der Waals surface area contributed by atoms with Gasteiger partial charge in [-0.1, -0.05) is 47.5 Å². The van der Waals surface area contributed by atoms with Gasteiger partial charge in [0.05, 0.1) is 31.3 Å². The van der Waals surface area contributed by atoms with Gasteiger partial charge in [0, 0.05) is 28.9 Å². The molecule has 2 aromatic carbocycles. The van der Waals surface area contributed by atoms with Gasteiger partial charge in [0.1, 0.15) is 0 Å². The van der Waals surface area contributed by atoms with E-state index < -0.39 is 0 Å². The summed E-state index contributed by atoms with van der Waals surface area (Å²) in [5.41, 5.74) is 4.97. The van der Waals surface area contributed by atoms with E-state index in [9.17, 15) is 9.90 Å². The van der Waals surface area contributed by atoms with E-state index in [1.807, 2.05) is 32.4 Å². The minimum atomic E-state index is -0.320. The molecule has 0 saturated heterocycles. The number of hydrogen-bond donors (Lipinski definition) is 1. The molecule has 6 nitrogen and oxygen atoms in total. The van der Waals surface area contributed by atoms with Gasteiger partial charge in [0.25, 0.3) is 0 Å². The zero-order valence-electron chi connectivity index (χ0n) is 17.8. The Hall–Kier alpha value is -2.09. The van der Waals surface area contributed by atoms with Gasteiger partial charge in [0.15, 0.2) is 0 Å². The summed E-state index contributed by atoms with van der Waals surface area (Å²) in [6, 6.07) is 10.8. The van der Waals surface area contributed by atoms with Crippen molar-refractivity contribution < 1.29 is 15.4 Å². The Balaban J connectivity index is 0.00000181. The fourth-order valence-corrected chi connectivity index (χ4v) is 4.90. The molecule has 0 saturated carbocycles. The van der Waals surface area contributed by atoms with Crippen molar-refractivity contribution in [3.8, 4) is 11.1 Å². The molecular weight excluding hydrogens is 473 g/mol. The van der Waals surface area contributed by atoms with Crippen LogP contribution in [0.25, 0.3) is 11.1 Å². The first-order valence-corrected chi connectivity index (χ1v) is 10.6. The first kappa shape index (κ1) is 26.2. The molecule has 1 amide bonds. The van der Waals surface area contributed by atoms with E-state index in [-0.39, 0.29) is 48.9 Å². The molecule has 0 radical (unpaired) electrons. The van der Waals surface area contributed by atoms with E-state index in [1.165, 1.54) is 0 Å². The smallest absolute Gasteiger partial charge is 0.227 e. The van der Waals surface area contributed by atoms with Crippen LogP contribution in [0.3, 0.4) is 0 Å². The number of benzene rings is 2. The van der Waals surface area contributed by atoms with E-state index in [0.29, 0.717) is 22.0 Å². The average Bonchev–Trinajstić information content (AvgIpc) is 3.16. The molecule has 3 N–H and O–H groups in total. The standard InChI is InChI=1S/C23H23Cl2N3O2.ClH.H2O/c1-14-17-5-3-6-18(15-11-26-27(2)12-15)19(17)9-16(13-29)28(14)23(30)10-20-21(24)7-4-8-22(20)25;;/h3-8,11-12,14,16,29H,9-10,13H2,1-2H3;1H;1H2/t14-,16+;;/m0../s1. The SMILES string of the molecule is C[C@H]1c2cccc(-c3cnn(C)c3)c2C[C@H](CO)N1C(=O)Cc1c(Cl)cccc1Cl.Cl.O. The molecule has 0 unspecified atom stereocenters. The molecule has 2 heterocycles. The molecule has 32 heavy (non-hydrogen) atoms. The third-order valence-corrected chi connectivity index (χ3v) is 6.53. The number of carbonyl (C=O) groups excluding carboxylic acids is 1. The first-order valence-electron chi connectivity index (χ1n) is 9.86. The van der Waals surface area contributed by atoms with Gasteiger partial charge in [-0.05, 0) is 47.7 Å². The van der Waals surface area contributed by atoms with Crippen molar-refractivity contribution in [2.45, 2.75) is 31.8 Å². The largest absolute Gasteiger partial charge is 0.412 e. The van der Waals surface area contributed by atoms with Gasteiger partial charge >= 0.3 is 0 Å². The highest BCUT2D eigenvalue weighted by atomic mass is 35.5. The van der Waals surface area contributed by atoms with E-state index in [2.05, 4.69) is 17.2 Å². The minimum absolute atomic E-state index is 0. The summed E-state index contributed by atoms with van der Waals surface area (Å²) in [7, 11) is 1.89. The summed E-state index contributed by atoms with van der Waals surface area (Å²) in [6.07, 6.45) is 4.48.